The van der Waals surface area contributed by atoms with Crippen LogP contribution in [0.1, 0.15) is 11.3 Å². The Balaban J connectivity index is 1.70. The lowest BCUT2D eigenvalue weighted by Gasteiger charge is -2.17. The highest BCUT2D eigenvalue weighted by Crippen LogP contribution is 2.18. The number of amides is 1. The molecule has 0 aliphatic carbocycles. The molecule has 3 aromatic rings. The van der Waals surface area contributed by atoms with Gasteiger partial charge in [-0.2, -0.15) is 9.40 Å². The number of hydrogen-bond donors (Lipinski definition) is 1. The number of carbonyl (C=O) groups excluding carboxylic acids is 1. The molecule has 0 spiro atoms. The predicted octanol–water partition coefficient (Wildman–Crippen LogP) is 3.26. The van der Waals surface area contributed by atoms with Gasteiger partial charge in [0.2, 0.25) is 15.9 Å². The Morgan fingerprint density at radius 1 is 1.14 bits per heavy atom. The zero-order valence-electron chi connectivity index (χ0n) is 16.0. The maximum atomic E-state index is 12.7. The van der Waals surface area contributed by atoms with Crippen LogP contribution in [0.2, 0.25) is 0 Å². The minimum Gasteiger partial charge on any atom is -0.310 e. The molecule has 0 atom stereocenters. The average molecular weight is 477 g/mol. The number of aryl methyl sites for hydroxylation is 1. The topological polar surface area (TPSA) is 84.3 Å². The van der Waals surface area contributed by atoms with Crippen molar-refractivity contribution in [3.63, 3.8) is 0 Å². The maximum absolute atomic E-state index is 12.7. The molecule has 9 heteroatoms. The molecule has 0 saturated heterocycles. The minimum absolute atomic E-state index is 0.126. The summed E-state index contributed by atoms with van der Waals surface area (Å²) >= 11 is 3.28. The molecule has 0 bridgehead atoms. The molecule has 0 fully saturated rings. The molecule has 0 unspecified atom stereocenters. The van der Waals surface area contributed by atoms with Crippen LogP contribution < -0.4 is 5.32 Å². The Morgan fingerprint density at radius 2 is 1.79 bits per heavy atom. The lowest BCUT2D eigenvalue weighted by atomic mass is 10.2. The number of aromatic nitrogens is 2. The van der Waals surface area contributed by atoms with E-state index in [0.717, 1.165) is 20.0 Å². The lowest BCUT2D eigenvalue weighted by Crippen LogP contribution is -2.35. The van der Waals surface area contributed by atoms with E-state index >= 15 is 0 Å². The molecule has 0 radical (unpaired) electrons. The molecule has 0 aliphatic rings. The van der Waals surface area contributed by atoms with Gasteiger partial charge in [-0.1, -0.05) is 46.3 Å². The van der Waals surface area contributed by atoms with Crippen molar-refractivity contribution in [3.8, 4) is 0 Å². The number of likely N-dealkylation sites (N-methyl/N-ethyl adjacent to an activating group) is 1. The molecule has 29 heavy (non-hydrogen) atoms. The van der Waals surface area contributed by atoms with Crippen LogP contribution in [-0.2, 0) is 21.4 Å². The van der Waals surface area contributed by atoms with Gasteiger partial charge in [0, 0.05) is 17.6 Å². The van der Waals surface area contributed by atoms with E-state index in [1.54, 1.807) is 22.9 Å². The SMILES string of the molecule is Cc1cc(NC(=O)CN(C)S(=O)(=O)c2ccc(Br)cc2)n(Cc2ccccc2)n1. The number of sulfonamides is 1. The summed E-state index contributed by atoms with van der Waals surface area (Å²) in [6, 6.07) is 17.8. The minimum atomic E-state index is -3.77. The summed E-state index contributed by atoms with van der Waals surface area (Å²) in [5, 5.41) is 7.17. The molecule has 3 rings (SSSR count). The van der Waals surface area contributed by atoms with Crippen LogP contribution in [-0.4, -0.2) is 42.0 Å². The van der Waals surface area contributed by atoms with Crippen LogP contribution in [0.4, 0.5) is 5.82 Å². The van der Waals surface area contributed by atoms with Crippen LogP contribution in [0.25, 0.3) is 0 Å². The van der Waals surface area contributed by atoms with Crippen LogP contribution in [0.5, 0.6) is 0 Å². The van der Waals surface area contributed by atoms with Crippen molar-refractivity contribution in [1.82, 2.24) is 14.1 Å². The fourth-order valence-corrected chi connectivity index (χ4v) is 4.17. The number of benzene rings is 2. The molecule has 1 N–H and O–H groups in total. The van der Waals surface area contributed by atoms with Gasteiger partial charge >= 0.3 is 0 Å². The fraction of sp³-hybridized carbons (Fsp3) is 0.200. The molecule has 1 amide bonds. The van der Waals surface area contributed by atoms with E-state index in [4.69, 9.17) is 0 Å². The molecular weight excluding hydrogens is 456 g/mol. The van der Waals surface area contributed by atoms with E-state index in [2.05, 4.69) is 26.3 Å². The zero-order valence-corrected chi connectivity index (χ0v) is 18.4. The normalized spacial score (nSPS) is 11.6. The van der Waals surface area contributed by atoms with Crippen LogP contribution in [0, 0.1) is 6.92 Å². The van der Waals surface area contributed by atoms with Crippen LogP contribution >= 0.6 is 15.9 Å². The quantitative estimate of drug-likeness (QED) is 0.566. The first-order valence-corrected chi connectivity index (χ1v) is 11.1. The van der Waals surface area contributed by atoms with Crippen molar-refractivity contribution in [2.75, 3.05) is 18.9 Å². The molecule has 152 valence electrons. The van der Waals surface area contributed by atoms with Gasteiger partial charge < -0.3 is 5.32 Å². The van der Waals surface area contributed by atoms with E-state index in [9.17, 15) is 13.2 Å². The second-order valence-corrected chi connectivity index (χ2v) is 9.54. The van der Waals surface area contributed by atoms with Gasteiger partial charge in [-0.05, 0) is 36.8 Å². The van der Waals surface area contributed by atoms with Crippen molar-refractivity contribution in [1.29, 1.82) is 0 Å². The molecule has 1 aromatic heterocycles. The number of anilines is 1. The third kappa shape index (κ3) is 5.31. The Labute approximate surface area is 178 Å². The van der Waals surface area contributed by atoms with Gasteiger partial charge in [0.15, 0.2) is 0 Å². The molecule has 0 saturated carbocycles. The Hall–Kier alpha value is -2.49. The number of hydrogen-bond acceptors (Lipinski definition) is 4. The highest BCUT2D eigenvalue weighted by atomic mass is 79.9. The Bertz CT molecular complexity index is 1100. The Kier molecular flexibility index (Phi) is 6.51. The first-order valence-electron chi connectivity index (χ1n) is 8.86. The summed E-state index contributed by atoms with van der Waals surface area (Å²) in [5.41, 5.74) is 1.80. The van der Waals surface area contributed by atoms with Gasteiger partial charge in [-0.15, -0.1) is 0 Å². The Morgan fingerprint density at radius 3 is 2.45 bits per heavy atom. The molecular formula is C20H21BrN4O3S. The number of rotatable bonds is 7. The number of nitrogens with one attached hydrogen (secondary N) is 1. The number of nitrogens with zero attached hydrogens (tertiary/aromatic N) is 3. The first-order chi connectivity index (χ1) is 13.8. The third-order valence-electron chi connectivity index (χ3n) is 4.23. The van der Waals surface area contributed by atoms with E-state index in [1.165, 1.54) is 19.2 Å². The molecule has 0 aliphatic heterocycles. The van der Waals surface area contributed by atoms with Crippen LogP contribution in [0.3, 0.4) is 0 Å². The van der Waals surface area contributed by atoms with E-state index in [1.807, 2.05) is 37.3 Å². The van der Waals surface area contributed by atoms with Crippen molar-refractivity contribution >= 4 is 37.7 Å². The summed E-state index contributed by atoms with van der Waals surface area (Å²) in [4.78, 5) is 12.6. The van der Waals surface area contributed by atoms with Gasteiger partial charge in [-0.3, -0.25) is 4.79 Å². The van der Waals surface area contributed by atoms with Crippen molar-refractivity contribution in [2.24, 2.45) is 0 Å². The predicted molar refractivity (Wildman–Crippen MR) is 115 cm³/mol. The monoisotopic (exact) mass is 476 g/mol. The van der Waals surface area contributed by atoms with E-state index in [0.29, 0.717) is 12.4 Å². The lowest BCUT2D eigenvalue weighted by molar-refractivity contribution is -0.116. The zero-order chi connectivity index (χ0) is 21.0. The average Bonchev–Trinajstić information content (AvgIpc) is 3.01. The number of halogens is 1. The smallest absolute Gasteiger partial charge is 0.243 e. The largest absolute Gasteiger partial charge is 0.310 e. The third-order valence-corrected chi connectivity index (χ3v) is 6.58. The van der Waals surface area contributed by atoms with Crippen molar-refractivity contribution < 1.29 is 13.2 Å². The summed E-state index contributed by atoms with van der Waals surface area (Å²) in [6.07, 6.45) is 0. The highest BCUT2D eigenvalue weighted by molar-refractivity contribution is 9.10. The highest BCUT2D eigenvalue weighted by Gasteiger charge is 2.23. The van der Waals surface area contributed by atoms with Gasteiger partial charge in [0.25, 0.3) is 0 Å². The van der Waals surface area contributed by atoms with Crippen molar-refractivity contribution in [2.45, 2.75) is 18.4 Å². The van der Waals surface area contributed by atoms with Gasteiger partial charge in [-0.25, -0.2) is 13.1 Å². The second-order valence-electron chi connectivity index (χ2n) is 6.58. The van der Waals surface area contributed by atoms with Crippen molar-refractivity contribution in [3.05, 3.63) is 76.4 Å². The number of carbonyl (C=O) groups is 1. The second kappa shape index (κ2) is 8.89. The van der Waals surface area contributed by atoms with Crippen LogP contribution in [0.15, 0.2) is 70.0 Å². The van der Waals surface area contributed by atoms with E-state index in [-0.39, 0.29) is 11.4 Å². The summed E-state index contributed by atoms with van der Waals surface area (Å²) in [7, 11) is -2.39. The summed E-state index contributed by atoms with van der Waals surface area (Å²) < 4.78 is 28.8. The van der Waals surface area contributed by atoms with Gasteiger partial charge in [0.1, 0.15) is 5.82 Å². The van der Waals surface area contributed by atoms with Gasteiger partial charge in [0.05, 0.1) is 23.7 Å². The molecule has 2 aromatic carbocycles. The fourth-order valence-electron chi connectivity index (χ4n) is 2.78. The first kappa shape index (κ1) is 21.2. The standard InChI is InChI=1S/C20H21BrN4O3S/c1-15-12-19(25(23-15)13-16-6-4-3-5-7-16)22-20(26)14-24(2)29(27,28)18-10-8-17(21)9-11-18/h3-12H,13-14H2,1-2H3,(H,22,26). The molecule has 1 heterocycles. The van der Waals surface area contributed by atoms with E-state index < -0.39 is 15.9 Å². The maximum Gasteiger partial charge on any atom is 0.243 e. The molecule has 7 nitrogen and oxygen atoms in total. The summed E-state index contributed by atoms with van der Waals surface area (Å²) in [5.74, 6) is 0.0770. The summed E-state index contributed by atoms with van der Waals surface area (Å²) in [6.45, 7) is 2.02.